The molecule has 0 spiro atoms. The fourth-order valence-electron chi connectivity index (χ4n) is 2.01. The van der Waals surface area contributed by atoms with Crippen molar-refractivity contribution in [2.45, 2.75) is 6.54 Å². The zero-order valence-corrected chi connectivity index (χ0v) is 12.3. The van der Waals surface area contributed by atoms with Gasteiger partial charge in [0.05, 0.1) is 12.8 Å². The van der Waals surface area contributed by atoms with Gasteiger partial charge in [0.15, 0.2) is 16.6 Å². The van der Waals surface area contributed by atoms with Crippen LogP contribution in [0.2, 0.25) is 0 Å². The Hall–Kier alpha value is -2.54. The van der Waals surface area contributed by atoms with Crippen LogP contribution in [0.3, 0.4) is 0 Å². The standard InChI is InChI=1S/C14H15N5OS/c1-20-12-13(15)19-21-14(12)16-8-9-2-4-10(5-3-9)11-6-7-17-18-11/h2-7,16H,8H2,1H3,(H2,15,19)(H,17,18). The molecule has 0 amide bonds. The third-order valence-corrected chi connectivity index (χ3v) is 3.90. The second-order valence-corrected chi connectivity index (χ2v) is 5.22. The van der Waals surface area contributed by atoms with Gasteiger partial charge in [-0.15, -0.1) is 0 Å². The quantitative estimate of drug-likeness (QED) is 0.674. The number of anilines is 2. The van der Waals surface area contributed by atoms with Crippen molar-refractivity contribution in [1.29, 1.82) is 0 Å². The molecular weight excluding hydrogens is 286 g/mol. The molecule has 2 heterocycles. The van der Waals surface area contributed by atoms with Crippen LogP contribution in [0.15, 0.2) is 36.5 Å². The summed E-state index contributed by atoms with van der Waals surface area (Å²) in [7, 11) is 1.59. The molecule has 0 aliphatic heterocycles. The van der Waals surface area contributed by atoms with E-state index >= 15 is 0 Å². The zero-order valence-electron chi connectivity index (χ0n) is 11.5. The summed E-state index contributed by atoms with van der Waals surface area (Å²) in [4.78, 5) is 0. The van der Waals surface area contributed by atoms with Crippen molar-refractivity contribution in [3.63, 3.8) is 0 Å². The molecule has 0 aliphatic rings. The minimum absolute atomic E-state index is 0.416. The average molecular weight is 301 g/mol. The molecule has 4 N–H and O–H groups in total. The highest BCUT2D eigenvalue weighted by molar-refractivity contribution is 7.11. The summed E-state index contributed by atoms with van der Waals surface area (Å²) in [6.07, 6.45) is 1.74. The number of nitrogens with one attached hydrogen (secondary N) is 2. The molecule has 0 bridgehead atoms. The number of H-pyrrole nitrogens is 1. The van der Waals surface area contributed by atoms with Crippen LogP contribution in [-0.2, 0) is 6.54 Å². The first kappa shape index (κ1) is 13.4. The number of methoxy groups -OCH3 is 1. The first-order chi connectivity index (χ1) is 10.3. The smallest absolute Gasteiger partial charge is 0.197 e. The van der Waals surface area contributed by atoms with E-state index in [-0.39, 0.29) is 0 Å². The van der Waals surface area contributed by atoms with Gasteiger partial charge in [0.2, 0.25) is 0 Å². The highest BCUT2D eigenvalue weighted by Crippen LogP contribution is 2.34. The Balaban J connectivity index is 1.68. The lowest BCUT2D eigenvalue weighted by Crippen LogP contribution is -1.99. The van der Waals surface area contributed by atoms with Gasteiger partial charge in [-0.3, -0.25) is 5.10 Å². The van der Waals surface area contributed by atoms with E-state index in [1.807, 2.05) is 6.07 Å². The molecular formula is C14H15N5OS. The molecule has 1 aromatic carbocycles. The Kier molecular flexibility index (Phi) is 3.74. The summed E-state index contributed by atoms with van der Waals surface area (Å²) in [5.74, 6) is 1.02. The third-order valence-electron chi connectivity index (χ3n) is 3.10. The van der Waals surface area contributed by atoms with Gasteiger partial charge in [-0.1, -0.05) is 24.3 Å². The highest BCUT2D eigenvalue weighted by Gasteiger charge is 2.11. The number of rotatable bonds is 5. The van der Waals surface area contributed by atoms with Crippen LogP contribution in [0.1, 0.15) is 5.56 Å². The Bertz CT molecular complexity index is 706. The molecule has 2 aromatic heterocycles. The van der Waals surface area contributed by atoms with Crippen LogP contribution in [-0.4, -0.2) is 21.7 Å². The number of hydrogen-bond donors (Lipinski definition) is 3. The maximum atomic E-state index is 5.72. The van der Waals surface area contributed by atoms with Gasteiger partial charge >= 0.3 is 0 Å². The molecule has 0 radical (unpaired) electrons. The summed E-state index contributed by atoms with van der Waals surface area (Å²) in [5, 5.41) is 11.0. The number of aromatic nitrogens is 3. The van der Waals surface area contributed by atoms with Gasteiger partial charge in [0, 0.05) is 12.7 Å². The highest BCUT2D eigenvalue weighted by atomic mass is 32.1. The van der Waals surface area contributed by atoms with E-state index in [0.717, 1.165) is 21.8 Å². The molecule has 3 aromatic rings. The summed E-state index contributed by atoms with van der Waals surface area (Å²) in [5.41, 5.74) is 8.99. The predicted octanol–water partition coefficient (Wildman–Crippen LogP) is 2.74. The van der Waals surface area contributed by atoms with E-state index in [0.29, 0.717) is 18.1 Å². The molecule has 0 saturated carbocycles. The minimum Gasteiger partial charge on any atom is -0.490 e. The fraction of sp³-hybridized carbons (Fsp3) is 0.143. The molecule has 0 saturated heterocycles. The number of ether oxygens (including phenoxy) is 1. The average Bonchev–Trinajstić information content (AvgIpc) is 3.15. The van der Waals surface area contributed by atoms with Gasteiger partial charge < -0.3 is 15.8 Å². The van der Waals surface area contributed by atoms with Crippen molar-refractivity contribution < 1.29 is 4.74 Å². The Morgan fingerprint density at radius 2 is 2.10 bits per heavy atom. The molecule has 0 atom stereocenters. The van der Waals surface area contributed by atoms with Gasteiger partial charge in [0.1, 0.15) is 0 Å². The van der Waals surface area contributed by atoms with E-state index in [2.05, 4.69) is 44.2 Å². The SMILES string of the molecule is COc1c(N)nsc1NCc1ccc(-c2ccn[nH]2)cc1. The Morgan fingerprint density at radius 3 is 2.76 bits per heavy atom. The van der Waals surface area contributed by atoms with Gasteiger partial charge in [-0.25, -0.2) is 0 Å². The van der Waals surface area contributed by atoms with Crippen LogP contribution in [0, 0.1) is 0 Å². The van der Waals surface area contributed by atoms with E-state index in [9.17, 15) is 0 Å². The normalized spacial score (nSPS) is 10.5. The Morgan fingerprint density at radius 1 is 1.29 bits per heavy atom. The summed E-state index contributed by atoms with van der Waals surface area (Å²) in [6, 6.07) is 10.2. The predicted molar refractivity (Wildman–Crippen MR) is 84.4 cm³/mol. The van der Waals surface area contributed by atoms with Crippen molar-refractivity contribution in [3.8, 4) is 17.0 Å². The van der Waals surface area contributed by atoms with E-state index < -0.39 is 0 Å². The van der Waals surface area contributed by atoms with Crippen molar-refractivity contribution >= 4 is 22.4 Å². The topological polar surface area (TPSA) is 88.8 Å². The second kappa shape index (κ2) is 5.84. The summed E-state index contributed by atoms with van der Waals surface area (Å²) >= 11 is 1.30. The summed E-state index contributed by atoms with van der Waals surface area (Å²) < 4.78 is 9.29. The third kappa shape index (κ3) is 2.82. The van der Waals surface area contributed by atoms with E-state index in [4.69, 9.17) is 10.5 Å². The lowest BCUT2D eigenvalue weighted by molar-refractivity contribution is 0.419. The molecule has 0 fully saturated rings. The van der Waals surface area contributed by atoms with E-state index in [1.165, 1.54) is 11.5 Å². The zero-order chi connectivity index (χ0) is 14.7. The first-order valence-electron chi connectivity index (χ1n) is 6.39. The summed E-state index contributed by atoms with van der Waals surface area (Å²) in [6.45, 7) is 0.682. The maximum Gasteiger partial charge on any atom is 0.197 e. The first-order valence-corrected chi connectivity index (χ1v) is 7.17. The number of aromatic amines is 1. The number of nitrogen functional groups attached to an aromatic ring is 1. The fourth-order valence-corrected chi connectivity index (χ4v) is 2.69. The van der Waals surface area contributed by atoms with Crippen LogP contribution >= 0.6 is 11.5 Å². The Labute approximate surface area is 126 Å². The van der Waals surface area contributed by atoms with Crippen molar-refractivity contribution in [2.24, 2.45) is 0 Å². The van der Waals surface area contributed by atoms with Crippen LogP contribution in [0.4, 0.5) is 10.8 Å². The number of benzene rings is 1. The maximum absolute atomic E-state index is 5.72. The second-order valence-electron chi connectivity index (χ2n) is 4.45. The van der Waals surface area contributed by atoms with Crippen LogP contribution < -0.4 is 15.8 Å². The molecule has 3 rings (SSSR count). The van der Waals surface area contributed by atoms with Crippen LogP contribution in [0.5, 0.6) is 5.75 Å². The van der Waals surface area contributed by atoms with Crippen molar-refractivity contribution in [1.82, 2.24) is 14.6 Å². The van der Waals surface area contributed by atoms with Crippen LogP contribution in [0.25, 0.3) is 11.3 Å². The lowest BCUT2D eigenvalue weighted by Gasteiger charge is -2.07. The van der Waals surface area contributed by atoms with Gasteiger partial charge in [-0.05, 0) is 28.7 Å². The van der Waals surface area contributed by atoms with Gasteiger partial charge in [-0.2, -0.15) is 9.47 Å². The van der Waals surface area contributed by atoms with Crippen molar-refractivity contribution in [3.05, 3.63) is 42.1 Å². The van der Waals surface area contributed by atoms with Crippen molar-refractivity contribution in [2.75, 3.05) is 18.2 Å². The minimum atomic E-state index is 0.416. The molecule has 0 unspecified atom stereocenters. The van der Waals surface area contributed by atoms with E-state index in [1.54, 1.807) is 13.3 Å². The largest absolute Gasteiger partial charge is 0.490 e. The molecule has 0 aliphatic carbocycles. The number of nitrogens with two attached hydrogens (primary N) is 1. The number of nitrogens with zero attached hydrogens (tertiary/aromatic N) is 2. The lowest BCUT2D eigenvalue weighted by atomic mass is 10.1. The van der Waals surface area contributed by atoms with Gasteiger partial charge in [0.25, 0.3) is 0 Å². The molecule has 108 valence electrons. The number of hydrogen-bond acceptors (Lipinski definition) is 6. The molecule has 6 nitrogen and oxygen atoms in total. The monoisotopic (exact) mass is 301 g/mol. The molecule has 7 heteroatoms. The molecule has 21 heavy (non-hydrogen) atoms.